The zero-order chi connectivity index (χ0) is 13.8. The molecule has 0 aliphatic carbocycles. The summed E-state index contributed by atoms with van der Waals surface area (Å²) in [5.41, 5.74) is 6.20. The molecule has 2 aromatic rings. The number of halogens is 1. The van der Waals surface area contributed by atoms with Gasteiger partial charge in [0.05, 0.1) is 19.9 Å². The average Bonchev–Trinajstić information content (AvgIpc) is 2.43. The van der Waals surface area contributed by atoms with Crippen molar-refractivity contribution >= 4 is 17.2 Å². The molecule has 0 saturated heterocycles. The Bertz CT molecular complexity index is 592. The Morgan fingerprint density at radius 3 is 2.68 bits per heavy atom. The van der Waals surface area contributed by atoms with Gasteiger partial charge < -0.3 is 20.5 Å². The molecule has 0 radical (unpaired) electrons. The topological polar surface area (TPSA) is 82.3 Å². The van der Waals surface area contributed by atoms with Crippen LogP contribution in [0.15, 0.2) is 24.5 Å². The van der Waals surface area contributed by atoms with Crippen LogP contribution in [0, 0.1) is 5.82 Å². The molecule has 0 spiro atoms. The highest BCUT2D eigenvalue weighted by atomic mass is 19.1. The van der Waals surface area contributed by atoms with Gasteiger partial charge in [0.25, 0.3) is 0 Å². The fourth-order valence-electron chi connectivity index (χ4n) is 1.50. The van der Waals surface area contributed by atoms with Crippen molar-refractivity contribution < 1.29 is 13.9 Å². The summed E-state index contributed by atoms with van der Waals surface area (Å²) in [4.78, 5) is 7.78. The van der Waals surface area contributed by atoms with E-state index < -0.39 is 5.82 Å². The van der Waals surface area contributed by atoms with E-state index in [1.165, 1.54) is 38.7 Å². The summed E-state index contributed by atoms with van der Waals surface area (Å²) in [5, 5.41) is 2.78. The first-order chi connectivity index (χ1) is 9.15. The fourth-order valence-corrected chi connectivity index (χ4v) is 1.50. The largest absolute Gasteiger partial charge is 0.497 e. The molecule has 0 aliphatic rings. The first-order valence-electron chi connectivity index (χ1n) is 5.40. The lowest BCUT2D eigenvalue weighted by atomic mass is 10.3. The lowest BCUT2D eigenvalue weighted by molar-refractivity contribution is 0.399. The zero-order valence-electron chi connectivity index (χ0n) is 10.5. The van der Waals surface area contributed by atoms with Crippen LogP contribution in [0.5, 0.6) is 11.6 Å². The Morgan fingerprint density at radius 1 is 1.21 bits per heavy atom. The molecule has 7 heteroatoms. The van der Waals surface area contributed by atoms with Crippen LogP contribution < -0.4 is 20.5 Å². The van der Waals surface area contributed by atoms with Crippen molar-refractivity contribution in [2.45, 2.75) is 0 Å². The molecule has 0 bridgehead atoms. The number of nitrogens with one attached hydrogen (secondary N) is 1. The molecular formula is C12H13FN4O2. The summed E-state index contributed by atoms with van der Waals surface area (Å²) < 4.78 is 23.7. The predicted octanol–water partition coefficient (Wildman–Crippen LogP) is 1.96. The number of nitrogens with zero attached hydrogens (tertiary/aromatic N) is 2. The second-order valence-electron chi connectivity index (χ2n) is 3.62. The molecule has 1 aromatic heterocycles. The summed E-state index contributed by atoms with van der Waals surface area (Å²) in [6, 6.07) is 4.31. The molecule has 0 fully saturated rings. The van der Waals surface area contributed by atoms with Crippen molar-refractivity contribution in [1.29, 1.82) is 0 Å². The number of methoxy groups -OCH3 is 2. The van der Waals surface area contributed by atoms with E-state index in [1.54, 1.807) is 0 Å². The molecule has 100 valence electrons. The SMILES string of the molecule is COc1ccc(F)c(Nc2ncnc(OC)c2N)c1. The van der Waals surface area contributed by atoms with Crippen molar-refractivity contribution in [2.75, 3.05) is 25.3 Å². The van der Waals surface area contributed by atoms with Gasteiger partial charge in [-0.15, -0.1) is 0 Å². The van der Waals surface area contributed by atoms with Crippen LogP contribution in [0.1, 0.15) is 0 Å². The number of benzene rings is 1. The van der Waals surface area contributed by atoms with Crippen LogP contribution >= 0.6 is 0 Å². The van der Waals surface area contributed by atoms with E-state index in [-0.39, 0.29) is 23.1 Å². The second-order valence-corrected chi connectivity index (χ2v) is 3.62. The van der Waals surface area contributed by atoms with Gasteiger partial charge in [-0.2, -0.15) is 4.98 Å². The highest BCUT2D eigenvalue weighted by molar-refractivity contribution is 5.72. The van der Waals surface area contributed by atoms with Crippen molar-refractivity contribution in [1.82, 2.24) is 9.97 Å². The maximum atomic E-state index is 13.7. The minimum absolute atomic E-state index is 0.201. The molecule has 3 N–H and O–H groups in total. The van der Waals surface area contributed by atoms with Crippen molar-refractivity contribution in [3.63, 3.8) is 0 Å². The number of aromatic nitrogens is 2. The minimum Gasteiger partial charge on any atom is -0.497 e. The smallest absolute Gasteiger partial charge is 0.242 e. The Labute approximate surface area is 109 Å². The number of ether oxygens (including phenoxy) is 2. The van der Waals surface area contributed by atoms with Crippen LogP contribution in [0.25, 0.3) is 0 Å². The van der Waals surface area contributed by atoms with E-state index in [2.05, 4.69) is 15.3 Å². The number of hydrogen-bond acceptors (Lipinski definition) is 6. The Balaban J connectivity index is 2.36. The quantitative estimate of drug-likeness (QED) is 0.878. The van der Waals surface area contributed by atoms with E-state index in [0.717, 1.165) is 0 Å². The van der Waals surface area contributed by atoms with E-state index in [9.17, 15) is 4.39 Å². The summed E-state index contributed by atoms with van der Waals surface area (Å²) in [6.07, 6.45) is 1.27. The fraction of sp³-hybridized carbons (Fsp3) is 0.167. The van der Waals surface area contributed by atoms with Gasteiger partial charge in [-0.1, -0.05) is 0 Å². The van der Waals surface area contributed by atoms with E-state index in [0.29, 0.717) is 5.75 Å². The first kappa shape index (κ1) is 12.9. The summed E-state index contributed by atoms with van der Waals surface area (Å²) in [5.74, 6) is 0.557. The molecule has 0 saturated carbocycles. The monoisotopic (exact) mass is 264 g/mol. The third-order valence-corrected chi connectivity index (χ3v) is 2.47. The molecule has 6 nitrogen and oxygen atoms in total. The summed E-state index contributed by atoms with van der Waals surface area (Å²) in [6.45, 7) is 0. The molecule has 1 heterocycles. The lowest BCUT2D eigenvalue weighted by Gasteiger charge is -2.11. The molecule has 0 amide bonds. The Morgan fingerprint density at radius 2 is 2.00 bits per heavy atom. The number of anilines is 3. The highest BCUT2D eigenvalue weighted by Crippen LogP contribution is 2.29. The van der Waals surface area contributed by atoms with Crippen LogP contribution in [0.4, 0.5) is 21.6 Å². The maximum Gasteiger partial charge on any atom is 0.242 e. The average molecular weight is 264 g/mol. The predicted molar refractivity (Wildman–Crippen MR) is 69.2 cm³/mol. The maximum absolute atomic E-state index is 13.7. The van der Waals surface area contributed by atoms with Gasteiger partial charge in [0, 0.05) is 6.07 Å². The normalized spacial score (nSPS) is 10.1. The van der Waals surface area contributed by atoms with Crippen molar-refractivity contribution in [3.8, 4) is 11.6 Å². The molecule has 0 atom stereocenters. The van der Waals surface area contributed by atoms with Crippen molar-refractivity contribution in [2.24, 2.45) is 0 Å². The zero-order valence-corrected chi connectivity index (χ0v) is 10.5. The number of hydrogen-bond donors (Lipinski definition) is 2. The van der Waals surface area contributed by atoms with Gasteiger partial charge in [0.1, 0.15) is 23.6 Å². The van der Waals surface area contributed by atoms with Gasteiger partial charge in [-0.3, -0.25) is 0 Å². The molecule has 0 unspecified atom stereocenters. The van der Waals surface area contributed by atoms with E-state index in [4.69, 9.17) is 15.2 Å². The molecular weight excluding hydrogens is 251 g/mol. The lowest BCUT2D eigenvalue weighted by Crippen LogP contribution is -2.04. The third-order valence-electron chi connectivity index (χ3n) is 2.47. The van der Waals surface area contributed by atoms with E-state index in [1.807, 2.05) is 0 Å². The molecule has 19 heavy (non-hydrogen) atoms. The Kier molecular flexibility index (Phi) is 3.65. The highest BCUT2D eigenvalue weighted by Gasteiger charge is 2.11. The molecule has 0 aliphatic heterocycles. The summed E-state index contributed by atoms with van der Waals surface area (Å²) >= 11 is 0. The number of nitrogen functional groups attached to an aromatic ring is 1. The minimum atomic E-state index is -0.447. The molecule has 2 rings (SSSR count). The van der Waals surface area contributed by atoms with Gasteiger partial charge >= 0.3 is 0 Å². The third kappa shape index (κ3) is 2.65. The number of nitrogens with two attached hydrogens (primary N) is 1. The van der Waals surface area contributed by atoms with Gasteiger partial charge in [0.15, 0.2) is 5.82 Å². The second kappa shape index (κ2) is 5.38. The van der Waals surface area contributed by atoms with Gasteiger partial charge in [-0.05, 0) is 12.1 Å². The standard InChI is InChI=1S/C12H13FN4O2/c1-18-7-3-4-8(13)9(5-7)17-11-10(14)12(19-2)16-6-15-11/h3-6H,14H2,1-2H3,(H,15,16,17). The molecule has 1 aromatic carbocycles. The van der Waals surface area contributed by atoms with Gasteiger partial charge in [0.2, 0.25) is 5.88 Å². The van der Waals surface area contributed by atoms with Crippen LogP contribution in [0.2, 0.25) is 0 Å². The number of rotatable bonds is 4. The summed E-state index contributed by atoms with van der Waals surface area (Å²) in [7, 11) is 2.94. The first-order valence-corrected chi connectivity index (χ1v) is 5.40. The van der Waals surface area contributed by atoms with Crippen molar-refractivity contribution in [3.05, 3.63) is 30.3 Å². The van der Waals surface area contributed by atoms with Crippen LogP contribution in [-0.2, 0) is 0 Å². The van der Waals surface area contributed by atoms with Gasteiger partial charge in [-0.25, -0.2) is 9.37 Å². The van der Waals surface area contributed by atoms with Crippen LogP contribution in [-0.4, -0.2) is 24.2 Å². The Hall–Kier alpha value is -2.57. The van der Waals surface area contributed by atoms with E-state index >= 15 is 0 Å². The van der Waals surface area contributed by atoms with Crippen LogP contribution in [0.3, 0.4) is 0 Å².